The summed E-state index contributed by atoms with van der Waals surface area (Å²) in [5.41, 5.74) is 0. The maximum atomic E-state index is 11.0. The Morgan fingerprint density at radius 1 is 1.53 bits per heavy atom. The quantitative estimate of drug-likeness (QED) is 0.770. The second kappa shape index (κ2) is 4.53. The lowest BCUT2D eigenvalue weighted by atomic mass is 10.1. The molecule has 15 heavy (non-hydrogen) atoms. The van der Waals surface area contributed by atoms with Crippen molar-refractivity contribution in [1.82, 2.24) is 9.55 Å². The van der Waals surface area contributed by atoms with Gasteiger partial charge in [-0.05, 0) is 19.3 Å². The number of halogens is 1. The normalized spacial score (nSPS) is 12.3. The molecule has 0 saturated heterocycles. The van der Waals surface area contributed by atoms with Gasteiger partial charge in [0.25, 0.3) is 9.05 Å². The Bertz CT molecular complexity index is 437. The van der Waals surface area contributed by atoms with E-state index in [4.69, 9.17) is 10.7 Å². The van der Waals surface area contributed by atoms with Gasteiger partial charge in [-0.3, -0.25) is 0 Å². The number of imidazole rings is 1. The molecule has 1 heterocycles. The van der Waals surface area contributed by atoms with E-state index in [0.717, 1.165) is 13.0 Å². The molecule has 0 N–H and O–H groups in total. The smallest absolute Gasteiger partial charge is 0.280 e. The molecule has 1 aromatic rings. The van der Waals surface area contributed by atoms with Crippen molar-refractivity contribution in [2.24, 2.45) is 5.92 Å². The first-order valence-electron chi connectivity index (χ1n) is 4.79. The summed E-state index contributed by atoms with van der Waals surface area (Å²) < 4.78 is 23.9. The highest BCUT2D eigenvalue weighted by molar-refractivity contribution is 8.13. The van der Waals surface area contributed by atoms with Gasteiger partial charge >= 0.3 is 0 Å². The molecular formula is C9H15ClN2O2S. The third-order valence-electron chi connectivity index (χ3n) is 2.15. The number of nitrogens with zero attached hydrogens (tertiary/aromatic N) is 2. The fourth-order valence-corrected chi connectivity index (χ4v) is 1.94. The highest BCUT2D eigenvalue weighted by Crippen LogP contribution is 2.15. The standard InChI is InChI=1S/C9H15ClN2O2S/c1-7(2)4-5-12-6-9(11-8(12)3)15(10,13)14/h6-7H,4-5H2,1-3H3. The van der Waals surface area contributed by atoms with Crippen molar-refractivity contribution in [3.8, 4) is 0 Å². The number of hydrogen-bond acceptors (Lipinski definition) is 3. The molecule has 86 valence electrons. The van der Waals surface area contributed by atoms with E-state index in [-0.39, 0.29) is 5.03 Å². The van der Waals surface area contributed by atoms with Crippen LogP contribution in [0.3, 0.4) is 0 Å². The molecule has 1 rings (SSSR count). The zero-order valence-electron chi connectivity index (χ0n) is 9.07. The van der Waals surface area contributed by atoms with Crippen LogP contribution in [0.25, 0.3) is 0 Å². The summed E-state index contributed by atoms with van der Waals surface area (Å²) in [7, 11) is 1.50. The molecule has 0 fully saturated rings. The van der Waals surface area contributed by atoms with E-state index >= 15 is 0 Å². The zero-order valence-corrected chi connectivity index (χ0v) is 10.6. The summed E-state index contributed by atoms with van der Waals surface area (Å²) in [6.45, 7) is 6.77. The van der Waals surface area contributed by atoms with Crippen molar-refractivity contribution in [3.63, 3.8) is 0 Å². The molecule has 0 radical (unpaired) electrons. The van der Waals surface area contributed by atoms with Crippen LogP contribution in [0.15, 0.2) is 11.2 Å². The van der Waals surface area contributed by atoms with Crippen LogP contribution in [0.4, 0.5) is 0 Å². The van der Waals surface area contributed by atoms with Gasteiger partial charge in [-0.25, -0.2) is 13.4 Å². The summed E-state index contributed by atoms with van der Waals surface area (Å²) >= 11 is 0. The summed E-state index contributed by atoms with van der Waals surface area (Å²) in [4.78, 5) is 3.90. The number of aromatic nitrogens is 2. The molecule has 0 unspecified atom stereocenters. The highest BCUT2D eigenvalue weighted by Gasteiger charge is 2.15. The van der Waals surface area contributed by atoms with E-state index in [9.17, 15) is 8.42 Å². The molecule has 0 aromatic carbocycles. The largest absolute Gasteiger partial charge is 0.334 e. The van der Waals surface area contributed by atoms with Crippen LogP contribution in [0.1, 0.15) is 26.1 Å². The van der Waals surface area contributed by atoms with E-state index in [1.807, 2.05) is 4.57 Å². The molecule has 0 aliphatic heterocycles. The average molecular weight is 251 g/mol. The van der Waals surface area contributed by atoms with Crippen molar-refractivity contribution < 1.29 is 8.42 Å². The van der Waals surface area contributed by atoms with Crippen LogP contribution < -0.4 is 0 Å². The Kier molecular flexibility index (Phi) is 3.78. The van der Waals surface area contributed by atoms with Crippen molar-refractivity contribution in [3.05, 3.63) is 12.0 Å². The summed E-state index contributed by atoms with van der Waals surface area (Å²) in [6, 6.07) is 0. The van der Waals surface area contributed by atoms with Crippen LogP contribution in [-0.2, 0) is 15.6 Å². The van der Waals surface area contributed by atoms with E-state index in [1.54, 1.807) is 6.92 Å². The molecule has 0 bridgehead atoms. The molecule has 0 aliphatic carbocycles. The summed E-state index contributed by atoms with van der Waals surface area (Å²) in [5.74, 6) is 1.25. The Labute approximate surface area is 94.7 Å². The second-order valence-corrected chi connectivity index (χ2v) is 6.45. The molecule has 4 nitrogen and oxygen atoms in total. The Balaban J connectivity index is 2.88. The Morgan fingerprint density at radius 3 is 2.53 bits per heavy atom. The van der Waals surface area contributed by atoms with Crippen LogP contribution >= 0.6 is 10.7 Å². The number of hydrogen-bond donors (Lipinski definition) is 0. The first-order chi connectivity index (χ1) is 6.80. The van der Waals surface area contributed by atoms with Crippen LogP contribution in [0.5, 0.6) is 0 Å². The minimum atomic E-state index is -3.70. The second-order valence-electron chi connectivity index (χ2n) is 3.94. The third kappa shape index (κ3) is 3.50. The monoisotopic (exact) mass is 250 g/mol. The predicted molar refractivity (Wildman–Crippen MR) is 59.5 cm³/mol. The third-order valence-corrected chi connectivity index (χ3v) is 3.32. The Hall–Kier alpha value is -0.550. The molecule has 0 aliphatic rings. The lowest BCUT2D eigenvalue weighted by Crippen LogP contribution is -2.02. The van der Waals surface area contributed by atoms with Gasteiger partial charge in [-0.2, -0.15) is 0 Å². The lowest BCUT2D eigenvalue weighted by Gasteiger charge is -2.06. The Morgan fingerprint density at radius 2 is 2.13 bits per heavy atom. The van der Waals surface area contributed by atoms with Crippen molar-refractivity contribution in [1.29, 1.82) is 0 Å². The van der Waals surface area contributed by atoms with Gasteiger partial charge in [-0.1, -0.05) is 13.8 Å². The minimum Gasteiger partial charge on any atom is -0.334 e. The topological polar surface area (TPSA) is 52.0 Å². The average Bonchev–Trinajstić information content (AvgIpc) is 2.42. The van der Waals surface area contributed by atoms with E-state index in [1.165, 1.54) is 6.20 Å². The van der Waals surface area contributed by atoms with Gasteiger partial charge in [0.2, 0.25) is 0 Å². The predicted octanol–water partition coefficient (Wildman–Crippen LogP) is 2.17. The van der Waals surface area contributed by atoms with Gasteiger partial charge in [0, 0.05) is 23.4 Å². The molecule has 1 aromatic heterocycles. The maximum Gasteiger partial charge on any atom is 0.280 e. The van der Waals surface area contributed by atoms with Gasteiger partial charge in [-0.15, -0.1) is 0 Å². The van der Waals surface area contributed by atoms with Crippen molar-refractivity contribution >= 4 is 19.7 Å². The number of aryl methyl sites for hydroxylation is 2. The molecular weight excluding hydrogens is 236 g/mol. The summed E-state index contributed by atoms with van der Waals surface area (Å²) in [5, 5.41) is -0.0644. The highest BCUT2D eigenvalue weighted by atomic mass is 35.7. The SMILES string of the molecule is Cc1nc(S(=O)(=O)Cl)cn1CCC(C)C. The number of rotatable bonds is 4. The van der Waals surface area contributed by atoms with Gasteiger partial charge in [0.15, 0.2) is 5.03 Å². The van der Waals surface area contributed by atoms with E-state index in [2.05, 4.69) is 18.8 Å². The molecule has 0 amide bonds. The molecule has 6 heteroatoms. The molecule has 0 atom stereocenters. The fourth-order valence-electron chi connectivity index (χ4n) is 1.22. The first-order valence-corrected chi connectivity index (χ1v) is 7.10. The van der Waals surface area contributed by atoms with Crippen molar-refractivity contribution in [2.45, 2.75) is 38.8 Å². The first kappa shape index (κ1) is 12.5. The van der Waals surface area contributed by atoms with E-state index in [0.29, 0.717) is 11.7 Å². The van der Waals surface area contributed by atoms with Crippen LogP contribution in [0, 0.1) is 12.8 Å². The van der Waals surface area contributed by atoms with Crippen LogP contribution in [-0.4, -0.2) is 18.0 Å². The summed E-state index contributed by atoms with van der Waals surface area (Å²) in [6.07, 6.45) is 2.47. The minimum absolute atomic E-state index is 0.0644. The fraction of sp³-hybridized carbons (Fsp3) is 0.667. The maximum absolute atomic E-state index is 11.0. The lowest BCUT2D eigenvalue weighted by molar-refractivity contribution is 0.509. The van der Waals surface area contributed by atoms with E-state index < -0.39 is 9.05 Å². The molecule has 0 spiro atoms. The van der Waals surface area contributed by atoms with Gasteiger partial charge < -0.3 is 4.57 Å². The van der Waals surface area contributed by atoms with Crippen molar-refractivity contribution in [2.75, 3.05) is 0 Å². The molecule has 0 saturated carbocycles. The van der Waals surface area contributed by atoms with Gasteiger partial charge in [0.05, 0.1) is 0 Å². The zero-order chi connectivity index (χ0) is 11.6. The van der Waals surface area contributed by atoms with Crippen LogP contribution in [0.2, 0.25) is 0 Å². The van der Waals surface area contributed by atoms with Gasteiger partial charge in [0.1, 0.15) is 5.82 Å².